The van der Waals surface area contributed by atoms with Gasteiger partial charge in [0, 0.05) is 24.2 Å². The van der Waals surface area contributed by atoms with Crippen LogP contribution in [0.3, 0.4) is 0 Å². The van der Waals surface area contributed by atoms with Gasteiger partial charge in [0.2, 0.25) is 0 Å². The molecule has 10 nitrogen and oxygen atoms in total. The molecular weight excluding hydrogens is 527 g/mol. The minimum atomic E-state index is -4.79. The molecule has 1 aliphatic carbocycles. The molecule has 0 atom stereocenters. The molecular formula is C27H22F3N7O3. The Hall–Kier alpha value is -5.07. The quantitative estimate of drug-likeness (QED) is 0.186. The number of aromatic nitrogens is 3. The van der Waals surface area contributed by atoms with E-state index in [-0.39, 0.29) is 11.4 Å². The topological polar surface area (TPSA) is 122 Å². The fraction of sp³-hybridized carbons (Fsp3) is 0.185. The molecule has 13 heteroatoms. The number of imide groups is 1. The first-order valence-corrected chi connectivity index (χ1v) is 12.4. The zero-order valence-electron chi connectivity index (χ0n) is 20.7. The standard InChI is InChI=1S/C27H22F3N7O3/c28-27(29,30)40-19-6-3-5-15(10-19)20-7-2-1-4-16(20)13-31-22-12-23(33-18-8-9-18)37-24(35-22)17(14-32-37)11-21-25(38)36-26(39)34-21/h1-7,10-12,14,18,33H,8-9,13H2,(H,31,35)(H2,34,36,38,39)/b21-11-. The van der Waals surface area contributed by atoms with Crippen molar-refractivity contribution < 1.29 is 27.5 Å². The maximum atomic E-state index is 12.8. The first-order valence-electron chi connectivity index (χ1n) is 12.4. The molecule has 0 bridgehead atoms. The number of benzene rings is 2. The van der Waals surface area contributed by atoms with Crippen molar-refractivity contribution in [3.63, 3.8) is 0 Å². The van der Waals surface area contributed by atoms with E-state index in [1.165, 1.54) is 24.3 Å². The summed E-state index contributed by atoms with van der Waals surface area (Å²) in [6, 6.07) is 14.7. The van der Waals surface area contributed by atoms with Crippen molar-refractivity contribution in [1.82, 2.24) is 25.2 Å². The van der Waals surface area contributed by atoms with E-state index >= 15 is 0 Å². The van der Waals surface area contributed by atoms with Crippen LogP contribution in [0.15, 0.2) is 66.5 Å². The van der Waals surface area contributed by atoms with E-state index in [0.29, 0.717) is 41.0 Å². The predicted molar refractivity (Wildman–Crippen MR) is 140 cm³/mol. The molecule has 3 amide bonds. The highest BCUT2D eigenvalue weighted by Crippen LogP contribution is 2.31. The molecule has 2 aliphatic rings. The van der Waals surface area contributed by atoms with Gasteiger partial charge in [0.05, 0.1) is 6.20 Å². The Morgan fingerprint density at radius 3 is 2.65 bits per heavy atom. The molecule has 0 spiro atoms. The highest BCUT2D eigenvalue weighted by atomic mass is 19.4. The van der Waals surface area contributed by atoms with E-state index in [1.807, 2.05) is 30.3 Å². The Balaban J connectivity index is 1.30. The van der Waals surface area contributed by atoms with Crippen LogP contribution in [0.4, 0.5) is 29.6 Å². The molecule has 6 rings (SSSR count). The Bertz CT molecular complexity index is 1660. The Kier molecular flexibility index (Phi) is 6.25. The number of alkyl halides is 3. The van der Waals surface area contributed by atoms with E-state index in [2.05, 4.69) is 31.1 Å². The second kappa shape index (κ2) is 9.91. The van der Waals surface area contributed by atoms with Crippen molar-refractivity contribution >= 4 is 35.3 Å². The maximum Gasteiger partial charge on any atom is 0.573 e. The van der Waals surface area contributed by atoms with Crippen molar-refractivity contribution in [1.29, 1.82) is 0 Å². The summed E-state index contributed by atoms with van der Waals surface area (Å²) >= 11 is 0. The van der Waals surface area contributed by atoms with Crippen LogP contribution in [0.5, 0.6) is 5.75 Å². The number of nitrogens with zero attached hydrogens (tertiary/aromatic N) is 3. The minimum Gasteiger partial charge on any atom is -0.406 e. The number of carbonyl (C=O) groups excluding carboxylic acids is 2. The van der Waals surface area contributed by atoms with E-state index in [0.717, 1.165) is 24.0 Å². The number of urea groups is 1. The summed E-state index contributed by atoms with van der Waals surface area (Å²) in [6.45, 7) is 0.315. The molecule has 4 aromatic rings. The second-order valence-corrected chi connectivity index (χ2v) is 9.33. The van der Waals surface area contributed by atoms with E-state index in [1.54, 1.807) is 16.8 Å². The smallest absolute Gasteiger partial charge is 0.406 e. The normalized spacial score (nSPS) is 16.2. The van der Waals surface area contributed by atoms with Crippen molar-refractivity contribution in [2.45, 2.75) is 31.8 Å². The van der Waals surface area contributed by atoms with Gasteiger partial charge in [0.25, 0.3) is 5.91 Å². The van der Waals surface area contributed by atoms with Crippen LogP contribution in [0.2, 0.25) is 0 Å². The predicted octanol–water partition coefficient (Wildman–Crippen LogP) is 4.66. The number of hydrogen-bond acceptors (Lipinski definition) is 7. The number of carbonyl (C=O) groups is 2. The van der Waals surface area contributed by atoms with E-state index in [9.17, 15) is 22.8 Å². The lowest BCUT2D eigenvalue weighted by Crippen LogP contribution is -2.22. The Morgan fingerprint density at radius 1 is 1.07 bits per heavy atom. The van der Waals surface area contributed by atoms with Crippen LogP contribution in [-0.2, 0) is 11.3 Å². The summed E-state index contributed by atoms with van der Waals surface area (Å²) in [5, 5.41) is 15.8. The number of amides is 3. The molecule has 0 unspecified atom stereocenters. The largest absolute Gasteiger partial charge is 0.573 e. The van der Waals surface area contributed by atoms with Crippen molar-refractivity contribution in [3.8, 4) is 16.9 Å². The lowest BCUT2D eigenvalue weighted by Gasteiger charge is -2.15. The zero-order chi connectivity index (χ0) is 27.9. The first kappa shape index (κ1) is 25.2. The van der Waals surface area contributed by atoms with Gasteiger partial charge in [0.15, 0.2) is 5.65 Å². The molecule has 3 heterocycles. The van der Waals surface area contributed by atoms with Gasteiger partial charge in [-0.3, -0.25) is 10.1 Å². The third kappa shape index (κ3) is 5.53. The van der Waals surface area contributed by atoms with Gasteiger partial charge in [0.1, 0.15) is 23.1 Å². The van der Waals surface area contributed by atoms with Crippen LogP contribution in [-0.4, -0.2) is 38.9 Å². The molecule has 1 saturated heterocycles. The first-order chi connectivity index (χ1) is 19.2. The Labute approximate surface area is 225 Å². The molecule has 0 radical (unpaired) electrons. The monoisotopic (exact) mass is 549 g/mol. The SMILES string of the molecule is O=C1NC(=O)/C(=C/c2cnn3c(NC4CC4)cc(NCc4ccccc4-c4cccc(OC(F)(F)F)c4)nc23)N1. The van der Waals surface area contributed by atoms with Gasteiger partial charge < -0.3 is 20.7 Å². The lowest BCUT2D eigenvalue weighted by molar-refractivity contribution is -0.274. The molecule has 1 saturated carbocycles. The average molecular weight is 550 g/mol. The van der Waals surface area contributed by atoms with Crippen molar-refractivity contribution in [3.05, 3.63) is 77.6 Å². The number of rotatable bonds is 8. The molecule has 204 valence electrons. The number of hydrogen-bond donors (Lipinski definition) is 4. The molecule has 1 aliphatic heterocycles. The highest BCUT2D eigenvalue weighted by molar-refractivity contribution is 6.14. The molecule has 4 N–H and O–H groups in total. The molecule has 2 aromatic heterocycles. The van der Waals surface area contributed by atoms with Crippen molar-refractivity contribution in [2.24, 2.45) is 0 Å². The number of ether oxygens (including phenoxy) is 1. The number of halogens is 3. The number of nitrogens with one attached hydrogen (secondary N) is 4. The van der Waals surface area contributed by atoms with E-state index in [4.69, 9.17) is 4.98 Å². The molecule has 2 aromatic carbocycles. The summed E-state index contributed by atoms with van der Waals surface area (Å²) in [4.78, 5) is 28.3. The third-order valence-electron chi connectivity index (χ3n) is 6.30. The van der Waals surface area contributed by atoms with E-state index < -0.39 is 18.3 Å². The summed E-state index contributed by atoms with van der Waals surface area (Å²) < 4.78 is 44.0. The maximum absolute atomic E-state index is 12.8. The lowest BCUT2D eigenvalue weighted by atomic mass is 9.99. The fourth-order valence-electron chi connectivity index (χ4n) is 4.35. The van der Waals surface area contributed by atoms with Gasteiger partial charge in [-0.1, -0.05) is 36.4 Å². The second-order valence-electron chi connectivity index (χ2n) is 9.33. The average Bonchev–Trinajstić information content (AvgIpc) is 3.54. The van der Waals surface area contributed by atoms with Gasteiger partial charge in [-0.05, 0) is 47.7 Å². The van der Waals surface area contributed by atoms with Crippen LogP contribution in [0.1, 0.15) is 24.0 Å². The van der Waals surface area contributed by atoms with Crippen LogP contribution < -0.4 is 26.0 Å². The molecule has 2 fully saturated rings. The van der Waals surface area contributed by atoms with Crippen molar-refractivity contribution in [2.75, 3.05) is 10.6 Å². The van der Waals surface area contributed by atoms with Crippen LogP contribution >= 0.6 is 0 Å². The minimum absolute atomic E-state index is 0.0856. The fourth-order valence-corrected chi connectivity index (χ4v) is 4.35. The summed E-state index contributed by atoms with van der Waals surface area (Å²) in [7, 11) is 0. The van der Waals surface area contributed by atoms with Gasteiger partial charge in [-0.25, -0.2) is 9.78 Å². The van der Waals surface area contributed by atoms with Gasteiger partial charge in [-0.15, -0.1) is 13.2 Å². The Morgan fingerprint density at radius 2 is 1.90 bits per heavy atom. The van der Waals surface area contributed by atoms with Gasteiger partial charge >= 0.3 is 12.4 Å². The van der Waals surface area contributed by atoms with Gasteiger partial charge in [-0.2, -0.15) is 9.61 Å². The summed E-state index contributed by atoms with van der Waals surface area (Å²) in [5.41, 5.74) is 3.20. The van der Waals surface area contributed by atoms with Crippen LogP contribution in [0, 0.1) is 0 Å². The summed E-state index contributed by atoms with van der Waals surface area (Å²) in [5.74, 6) is 0.367. The van der Waals surface area contributed by atoms with Crippen LogP contribution in [0.25, 0.3) is 22.9 Å². The molecule has 40 heavy (non-hydrogen) atoms. The number of anilines is 2. The summed E-state index contributed by atoms with van der Waals surface area (Å²) in [6.07, 6.45) is 0.334. The third-order valence-corrected chi connectivity index (χ3v) is 6.30. The zero-order valence-corrected chi connectivity index (χ0v) is 20.7. The number of fused-ring (bicyclic) bond motifs is 1. The highest BCUT2D eigenvalue weighted by Gasteiger charge is 2.31.